The van der Waals surface area contributed by atoms with Crippen LogP contribution in [0, 0.1) is 10.5 Å². The monoisotopic (exact) mass is 817 g/mol. The molecule has 8 heteroatoms. The van der Waals surface area contributed by atoms with Crippen molar-refractivity contribution >= 4 is 62.9 Å². The number of hydrogen-bond donors (Lipinski definition) is 1. The Morgan fingerprint density at radius 2 is 1.50 bits per heavy atom. The molecule has 0 bridgehead atoms. The first-order valence-corrected chi connectivity index (χ1v) is 19.8. The van der Waals surface area contributed by atoms with Gasteiger partial charge in [0, 0.05) is 30.6 Å². The molecule has 0 spiro atoms. The third-order valence-electron chi connectivity index (χ3n) is 10.0. The summed E-state index contributed by atoms with van der Waals surface area (Å²) in [6.07, 6.45) is 4.02. The Morgan fingerprint density at radius 1 is 0.865 bits per heavy atom. The van der Waals surface area contributed by atoms with Crippen molar-refractivity contribution in [3.05, 3.63) is 157 Å². The standard InChI is InChI=1S/C44H40IN3O3S/c1-3-50-39-23-30(22-38(45)42(39)51-27-29-16-14-28(2)15-17-29)24-40-43(49)47-44(52-40)46-33-25-36-34(31-10-6-4-7-11-31)18-20-48-21-19-35(37(26-33)41(36)48)32-12-8-5-9-13-32/h4-17,22-26,34-35H,3,18-21,27H2,1-2H3,(H,46,47,49)/b40-24-/t34-,35+. The highest BCUT2D eigenvalue weighted by atomic mass is 127. The number of hydrogen-bond acceptors (Lipinski definition) is 6. The van der Waals surface area contributed by atoms with E-state index in [9.17, 15) is 4.79 Å². The van der Waals surface area contributed by atoms with E-state index in [0.717, 1.165) is 46.3 Å². The van der Waals surface area contributed by atoms with Crippen molar-refractivity contribution < 1.29 is 14.3 Å². The van der Waals surface area contributed by atoms with Gasteiger partial charge >= 0.3 is 0 Å². The lowest BCUT2D eigenvalue weighted by atomic mass is 9.76. The van der Waals surface area contributed by atoms with E-state index >= 15 is 0 Å². The molecule has 3 aliphatic rings. The number of anilines is 1. The molecule has 5 aromatic rings. The van der Waals surface area contributed by atoms with Gasteiger partial charge in [-0.1, -0.05) is 90.5 Å². The average molecular weight is 818 g/mol. The third kappa shape index (κ3) is 7.23. The van der Waals surface area contributed by atoms with Gasteiger partial charge in [0.1, 0.15) is 6.61 Å². The van der Waals surface area contributed by atoms with Crippen LogP contribution in [0.3, 0.4) is 0 Å². The molecule has 1 saturated heterocycles. The van der Waals surface area contributed by atoms with Crippen molar-refractivity contribution in [2.24, 2.45) is 4.99 Å². The molecule has 3 aliphatic heterocycles. The number of amides is 1. The van der Waals surface area contributed by atoms with Crippen LogP contribution in [0.15, 0.2) is 119 Å². The minimum atomic E-state index is -0.161. The number of ether oxygens (including phenoxy) is 2. The first kappa shape index (κ1) is 34.5. The van der Waals surface area contributed by atoms with Crippen molar-refractivity contribution in [2.75, 3.05) is 24.6 Å². The minimum absolute atomic E-state index is 0.161. The molecule has 1 N–H and O–H groups in total. The summed E-state index contributed by atoms with van der Waals surface area (Å²) in [5, 5.41) is 3.63. The van der Waals surface area contributed by atoms with Crippen LogP contribution in [-0.2, 0) is 11.4 Å². The van der Waals surface area contributed by atoms with E-state index < -0.39 is 0 Å². The third-order valence-corrected chi connectivity index (χ3v) is 11.7. The zero-order valence-electron chi connectivity index (χ0n) is 29.3. The summed E-state index contributed by atoms with van der Waals surface area (Å²) in [4.78, 5) is 21.6. The second-order valence-corrected chi connectivity index (χ2v) is 15.7. The predicted octanol–water partition coefficient (Wildman–Crippen LogP) is 10.3. The Morgan fingerprint density at radius 3 is 2.12 bits per heavy atom. The molecule has 262 valence electrons. The van der Waals surface area contributed by atoms with Crippen LogP contribution in [0.1, 0.15) is 70.5 Å². The second-order valence-electron chi connectivity index (χ2n) is 13.5. The van der Waals surface area contributed by atoms with E-state index in [4.69, 9.17) is 14.5 Å². The fraction of sp³-hybridized carbons (Fsp3) is 0.227. The molecule has 8 rings (SSSR count). The van der Waals surface area contributed by atoms with Gasteiger partial charge in [-0.15, -0.1) is 0 Å². The number of carbonyl (C=O) groups excluding carboxylic acids is 1. The Labute approximate surface area is 323 Å². The van der Waals surface area contributed by atoms with Gasteiger partial charge in [-0.05, 0) is 125 Å². The van der Waals surface area contributed by atoms with E-state index in [1.807, 2.05) is 25.1 Å². The summed E-state index contributed by atoms with van der Waals surface area (Å²) in [5.74, 6) is 1.77. The SMILES string of the molecule is CCOc1cc(/C=C2\SC(=Nc3cc4c5c(c3)[C@H](c3ccccc3)CCN5CC[C@@H]4c3ccccc3)NC2=O)cc(I)c1OCc1ccc(C)cc1. The number of nitrogens with zero attached hydrogens (tertiary/aromatic N) is 2. The number of aryl methyl sites for hydroxylation is 1. The van der Waals surface area contributed by atoms with Crippen LogP contribution in [-0.4, -0.2) is 30.8 Å². The molecule has 6 nitrogen and oxygen atoms in total. The number of nitrogens with one attached hydrogen (secondary N) is 1. The van der Waals surface area contributed by atoms with Gasteiger partial charge in [-0.25, -0.2) is 4.99 Å². The number of amidine groups is 1. The quantitative estimate of drug-likeness (QED) is 0.119. The lowest BCUT2D eigenvalue weighted by Gasteiger charge is -2.43. The van der Waals surface area contributed by atoms with Crippen LogP contribution in [0.5, 0.6) is 11.5 Å². The molecular formula is C44H40IN3O3S. The molecule has 52 heavy (non-hydrogen) atoms. The fourth-order valence-electron chi connectivity index (χ4n) is 7.57. The number of rotatable bonds is 9. The molecule has 1 amide bonds. The highest BCUT2D eigenvalue weighted by Gasteiger charge is 2.35. The zero-order chi connectivity index (χ0) is 35.6. The Kier molecular flexibility index (Phi) is 10.1. The summed E-state index contributed by atoms with van der Waals surface area (Å²) in [6, 6.07) is 38.5. The van der Waals surface area contributed by atoms with Gasteiger partial charge in [0.25, 0.3) is 5.91 Å². The highest BCUT2D eigenvalue weighted by molar-refractivity contribution is 14.1. The van der Waals surface area contributed by atoms with Gasteiger partial charge < -0.3 is 19.7 Å². The van der Waals surface area contributed by atoms with Crippen LogP contribution in [0.4, 0.5) is 11.4 Å². The molecule has 0 unspecified atom stereocenters. The van der Waals surface area contributed by atoms with Gasteiger partial charge in [0.2, 0.25) is 0 Å². The van der Waals surface area contributed by atoms with Crippen LogP contribution < -0.4 is 19.7 Å². The maximum atomic E-state index is 13.4. The van der Waals surface area contributed by atoms with Gasteiger partial charge in [0.15, 0.2) is 16.7 Å². The first-order chi connectivity index (χ1) is 25.4. The number of carbonyl (C=O) groups is 1. The Hall–Kier alpha value is -4.54. The summed E-state index contributed by atoms with van der Waals surface area (Å²) < 4.78 is 13.2. The molecule has 0 aliphatic carbocycles. The second kappa shape index (κ2) is 15.2. The molecule has 5 aromatic carbocycles. The maximum absolute atomic E-state index is 13.4. The van der Waals surface area contributed by atoms with Gasteiger partial charge in [-0.2, -0.15) is 0 Å². The first-order valence-electron chi connectivity index (χ1n) is 17.9. The molecule has 0 aromatic heterocycles. The average Bonchev–Trinajstić information content (AvgIpc) is 3.50. The number of benzene rings is 5. The summed E-state index contributed by atoms with van der Waals surface area (Å²) in [5.41, 5.74) is 10.7. The molecule has 0 radical (unpaired) electrons. The molecule has 1 fully saturated rings. The highest BCUT2D eigenvalue weighted by Crippen LogP contribution is 2.50. The van der Waals surface area contributed by atoms with Crippen molar-refractivity contribution in [3.63, 3.8) is 0 Å². The van der Waals surface area contributed by atoms with Crippen molar-refractivity contribution in [3.8, 4) is 11.5 Å². The van der Waals surface area contributed by atoms with Gasteiger partial charge in [-0.3, -0.25) is 4.79 Å². The molecule has 3 heterocycles. The largest absolute Gasteiger partial charge is 0.490 e. The van der Waals surface area contributed by atoms with E-state index in [1.165, 1.54) is 45.3 Å². The van der Waals surface area contributed by atoms with Crippen molar-refractivity contribution in [2.45, 2.75) is 45.1 Å². The van der Waals surface area contributed by atoms with Crippen molar-refractivity contribution in [1.82, 2.24) is 5.32 Å². The minimum Gasteiger partial charge on any atom is -0.490 e. The van der Waals surface area contributed by atoms with Crippen LogP contribution >= 0.6 is 34.4 Å². The number of aliphatic imine (C=N–C) groups is 1. The smallest absolute Gasteiger partial charge is 0.264 e. The fourth-order valence-corrected chi connectivity index (χ4v) is 9.19. The lowest BCUT2D eigenvalue weighted by Crippen LogP contribution is -2.37. The van der Waals surface area contributed by atoms with Crippen molar-refractivity contribution in [1.29, 1.82) is 0 Å². The van der Waals surface area contributed by atoms with E-state index in [0.29, 0.717) is 34.8 Å². The van der Waals surface area contributed by atoms with E-state index in [1.54, 1.807) is 0 Å². The predicted molar refractivity (Wildman–Crippen MR) is 221 cm³/mol. The summed E-state index contributed by atoms with van der Waals surface area (Å²) in [7, 11) is 0. The molecular weight excluding hydrogens is 777 g/mol. The Balaban J connectivity index is 1.11. The molecule has 0 saturated carbocycles. The van der Waals surface area contributed by atoms with Crippen LogP contribution in [0.2, 0.25) is 0 Å². The Bertz CT molecular complexity index is 2100. The lowest BCUT2D eigenvalue weighted by molar-refractivity contribution is -0.115. The van der Waals surface area contributed by atoms with Gasteiger partial charge in [0.05, 0.1) is 20.8 Å². The van der Waals surface area contributed by atoms with Crippen LogP contribution in [0.25, 0.3) is 6.08 Å². The van der Waals surface area contributed by atoms with E-state index in [2.05, 4.69) is 137 Å². The topological polar surface area (TPSA) is 63.2 Å². The number of halogens is 1. The van der Waals surface area contributed by atoms with E-state index in [-0.39, 0.29) is 17.7 Å². The normalized spacial score (nSPS) is 19.4. The maximum Gasteiger partial charge on any atom is 0.264 e. The zero-order valence-corrected chi connectivity index (χ0v) is 32.2. The molecule has 2 atom stereocenters. The number of thioether (sulfide) groups is 1. The summed E-state index contributed by atoms with van der Waals surface area (Å²) >= 11 is 3.65. The summed E-state index contributed by atoms with van der Waals surface area (Å²) in [6.45, 7) is 7.06.